The number of carbonyl (C=O) groups is 2. The third-order valence-electron chi connectivity index (χ3n) is 3.00. The first-order valence-electron chi connectivity index (χ1n) is 6.87. The van der Waals surface area contributed by atoms with E-state index in [1.165, 1.54) is 31.5 Å². The Balaban J connectivity index is 1.97. The second kappa shape index (κ2) is 8.36. The normalized spacial score (nSPS) is 10.5. The lowest BCUT2D eigenvalue weighted by Crippen LogP contribution is -2.32. The Kier molecular flexibility index (Phi) is 6.21. The summed E-state index contributed by atoms with van der Waals surface area (Å²) in [6.07, 6.45) is 1.18. The number of halogens is 2. The lowest BCUT2D eigenvalue weighted by molar-refractivity contribution is -0.136. The summed E-state index contributed by atoms with van der Waals surface area (Å²) in [4.78, 5) is 23.5. The molecule has 0 fully saturated rings. The number of phenols is 1. The summed E-state index contributed by atoms with van der Waals surface area (Å²) in [5.41, 5.74) is 2.67. The highest BCUT2D eigenvalue weighted by atomic mass is 35.5. The number of aromatic hydroxyl groups is 1. The number of benzene rings is 2. The molecule has 3 N–H and O–H groups in total. The number of rotatable bonds is 4. The Labute approximate surface area is 153 Å². The van der Waals surface area contributed by atoms with Crippen LogP contribution in [0.5, 0.6) is 11.5 Å². The average Bonchev–Trinajstić information content (AvgIpc) is 2.59. The summed E-state index contributed by atoms with van der Waals surface area (Å²) in [5, 5.41) is 16.4. The fraction of sp³-hybridized carbons (Fsp3) is 0.0625. The van der Waals surface area contributed by atoms with Crippen LogP contribution in [0.4, 0.5) is 5.69 Å². The first-order chi connectivity index (χ1) is 11.9. The number of amides is 2. The van der Waals surface area contributed by atoms with Crippen molar-refractivity contribution in [2.24, 2.45) is 5.10 Å². The molecule has 0 radical (unpaired) electrons. The minimum Gasteiger partial charge on any atom is -0.504 e. The number of nitrogens with one attached hydrogen (secondary N) is 2. The number of ether oxygens (including phenoxy) is 1. The number of para-hydroxylation sites is 1. The molecule has 25 heavy (non-hydrogen) atoms. The van der Waals surface area contributed by atoms with Gasteiger partial charge in [0.2, 0.25) is 0 Å². The number of hydrogen-bond acceptors (Lipinski definition) is 5. The standard InChI is InChI=1S/C16H13Cl2N3O4/c1-25-13-4-2-3-9(14(13)22)8-19-21-16(24)15(23)20-10-5-6-11(17)12(18)7-10/h2-8,22H,1H3,(H,20,23)(H,21,24). The molecule has 0 heterocycles. The van der Waals surface area contributed by atoms with Crippen LogP contribution in [0.3, 0.4) is 0 Å². The molecular weight excluding hydrogens is 369 g/mol. The number of nitrogens with zero attached hydrogens (tertiary/aromatic N) is 1. The van der Waals surface area contributed by atoms with Crippen molar-refractivity contribution in [1.82, 2.24) is 5.43 Å². The van der Waals surface area contributed by atoms with Gasteiger partial charge in [-0.05, 0) is 30.3 Å². The molecule has 0 saturated heterocycles. The maximum Gasteiger partial charge on any atom is 0.329 e. The van der Waals surface area contributed by atoms with E-state index in [2.05, 4.69) is 10.4 Å². The minimum atomic E-state index is -0.996. The molecule has 0 spiro atoms. The van der Waals surface area contributed by atoms with Gasteiger partial charge in [0.1, 0.15) is 0 Å². The second-order valence-corrected chi connectivity index (χ2v) is 5.49. The summed E-state index contributed by atoms with van der Waals surface area (Å²) in [5.74, 6) is -1.81. The summed E-state index contributed by atoms with van der Waals surface area (Å²) < 4.78 is 4.95. The van der Waals surface area contributed by atoms with Crippen molar-refractivity contribution in [3.05, 3.63) is 52.0 Å². The van der Waals surface area contributed by atoms with E-state index in [1.807, 2.05) is 5.43 Å². The molecule has 130 valence electrons. The van der Waals surface area contributed by atoms with E-state index >= 15 is 0 Å². The van der Waals surface area contributed by atoms with Crippen LogP contribution < -0.4 is 15.5 Å². The van der Waals surface area contributed by atoms with E-state index in [0.29, 0.717) is 16.3 Å². The number of hydrazone groups is 1. The van der Waals surface area contributed by atoms with E-state index in [0.717, 1.165) is 0 Å². The van der Waals surface area contributed by atoms with Gasteiger partial charge in [-0.25, -0.2) is 5.43 Å². The molecule has 7 nitrogen and oxygen atoms in total. The Morgan fingerprint density at radius 1 is 1.16 bits per heavy atom. The van der Waals surface area contributed by atoms with Gasteiger partial charge in [-0.2, -0.15) is 5.10 Å². The third kappa shape index (κ3) is 4.85. The van der Waals surface area contributed by atoms with Crippen LogP contribution >= 0.6 is 23.2 Å². The second-order valence-electron chi connectivity index (χ2n) is 4.68. The minimum absolute atomic E-state index is 0.136. The Morgan fingerprint density at radius 3 is 2.60 bits per heavy atom. The molecule has 2 aromatic carbocycles. The number of phenolic OH excluding ortho intramolecular Hbond substituents is 1. The molecule has 0 aliphatic carbocycles. The molecule has 0 aromatic heterocycles. The molecule has 0 atom stereocenters. The van der Waals surface area contributed by atoms with Gasteiger partial charge in [0.05, 0.1) is 23.4 Å². The molecule has 0 aliphatic heterocycles. The maximum absolute atomic E-state index is 11.8. The first-order valence-corrected chi connectivity index (χ1v) is 7.63. The Morgan fingerprint density at radius 2 is 1.92 bits per heavy atom. The first kappa shape index (κ1) is 18.6. The highest BCUT2D eigenvalue weighted by molar-refractivity contribution is 6.42. The van der Waals surface area contributed by atoms with Crippen molar-refractivity contribution in [2.75, 3.05) is 12.4 Å². The van der Waals surface area contributed by atoms with E-state index in [4.69, 9.17) is 27.9 Å². The molecule has 2 aromatic rings. The monoisotopic (exact) mass is 381 g/mol. The van der Waals surface area contributed by atoms with Crippen molar-refractivity contribution >= 4 is 46.9 Å². The topological polar surface area (TPSA) is 100 Å². The van der Waals surface area contributed by atoms with E-state index in [-0.39, 0.29) is 16.5 Å². The number of methoxy groups -OCH3 is 1. The molecule has 0 bridgehead atoms. The van der Waals surface area contributed by atoms with Gasteiger partial charge in [0.25, 0.3) is 0 Å². The predicted octanol–water partition coefficient (Wildman–Crippen LogP) is 2.80. The number of carbonyl (C=O) groups excluding carboxylic acids is 2. The predicted molar refractivity (Wildman–Crippen MR) is 95.5 cm³/mol. The fourth-order valence-corrected chi connectivity index (χ4v) is 2.08. The lowest BCUT2D eigenvalue weighted by Gasteiger charge is -2.06. The van der Waals surface area contributed by atoms with Crippen molar-refractivity contribution < 1.29 is 19.4 Å². The maximum atomic E-state index is 11.8. The van der Waals surface area contributed by atoms with Gasteiger partial charge >= 0.3 is 11.8 Å². The van der Waals surface area contributed by atoms with Crippen LogP contribution in [0, 0.1) is 0 Å². The molecule has 2 rings (SSSR count). The smallest absolute Gasteiger partial charge is 0.329 e. The Hall–Kier alpha value is -2.77. The summed E-state index contributed by atoms with van der Waals surface area (Å²) >= 11 is 11.6. The van der Waals surface area contributed by atoms with E-state index in [1.54, 1.807) is 18.2 Å². The SMILES string of the molecule is COc1cccc(C=NNC(=O)C(=O)Nc2ccc(Cl)c(Cl)c2)c1O. The van der Waals surface area contributed by atoms with E-state index < -0.39 is 11.8 Å². The van der Waals surface area contributed by atoms with Gasteiger partial charge in [0, 0.05) is 11.3 Å². The van der Waals surface area contributed by atoms with Gasteiger partial charge in [0.15, 0.2) is 11.5 Å². The van der Waals surface area contributed by atoms with Crippen LogP contribution in [-0.4, -0.2) is 30.2 Å². The lowest BCUT2D eigenvalue weighted by atomic mass is 10.2. The molecule has 0 aliphatic rings. The summed E-state index contributed by atoms with van der Waals surface area (Å²) in [6.45, 7) is 0. The van der Waals surface area contributed by atoms with Crippen molar-refractivity contribution in [1.29, 1.82) is 0 Å². The zero-order valence-corrected chi connectivity index (χ0v) is 14.4. The van der Waals surface area contributed by atoms with Gasteiger partial charge in [-0.15, -0.1) is 0 Å². The van der Waals surface area contributed by atoms with Crippen molar-refractivity contribution in [3.63, 3.8) is 0 Å². The van der Waals surface area contributed by atoms with Crippen LogP contribution in [0.25, 0.3) is 0 Å². The van der Waals surface area contributed by atoms with Crippen molar-refractivity contribution in [2.45, 2.75) is 0 Å². The van der Waals surface area contributed by atoms with Crippen LogP contribution in [0.15, 0.2) is 41.5 Å². The molecular formula is C16H13Cl2N3O4. The van der Waals surface area contributed by atoms with Crippen molar-refractivity contribution in [3.8, 4) is 11.5 Å². The zero-order chi connectivity index (χ0) is 18.4. The fourth-order valence-electron chi connectivity index (χ4n) is 1.78. The molecule has 0 saturated carbocycles. The molecule has 9 heteroatoms. The zero-order valence-electron chi connectivity index (χ0n) is 12.9. The highest BCUT2D eigenvalue weighted by Crippen LogP contribution is 2.28. The van der Waals surface area contributed by atoms with Crippen LogP contribution in [0.2, 0.25) is 10.0 Å². The average molecular weight is 382 g/mol. The van der Waals surface area contributed by atoms with Gasteiger partial charge in [-0.3, -0.25) is 9.59 Å². The van der Waals surface area contributed by atoms with Gasteiger partial charge < -0.3 is 15.2 Å². The number of hydrogen-bond donors (Lipinski definition) is 3. The van der Waals surface area contributed by atoms with Crippen LogP contribution in [0.1, 0.15) is 5.56 Å². The molecule has 2 amide bonds. The number of anilines is 1. The third-order valence-corrected chi connectivity index (χ3v) is 3.74. The largest absolute Gasteiger partial charge is 0.504 e. The molecule has 0 unspecified atom stereocenters. The summed E-state index contributed by atoms with van der Waals surface area (Å²) in [6, 6.07) is 9.16. The summed E-state index contributed by atoms with van der Waals surface area (Å²) in [7, 11) is 1.41. The quantitative estimate of drug-likeness (QED) is 0.430. The van der Waals surface area contributed by atoms with E-state index in [9.17, 15) is 14.7 Å². The highest BCUT2D eigenvalue weighted by Gasteiger charge is 2.13. The van der Waals surface area contributed by atoms with Gasteiger partial charge in [-0.1, -0.05) is 29.3 Å². The van der Waals surface area contributed by atoms with Crippen LogP contribution in [-0.2, 0) is 9.59 Å². The Bertz CT molecular complexity index is 840.